The minimum atomic E-state index is -0.315. The molecule has 0 unspecified atom stereocenters. The van der Waals surface area contributed by atoms with Gasteiger partial charge in [0.2, 0.25) is 5.91 Å². The summed E-state index contributed by atoms with van der Waals surface area (Å²) in [5, 5.41) is 4.16. The van der Waals surface area contributed by atoms with Gasteiger partial charge in [-0.25, -0.2) is 4.68 Å². The predicted octanol–water partition coefficient (Wildman–Crippen LogP) is 2.54. The summed E-state index contributed by atoms with van der Waals surface area (Å²) >= 11 is 0. The Morgan fingerprint density at radius 3 is 2.76 bits per heavy atom. The summed E-state index contributed by atoms with van der Waals surface area (Å²) in [6, 6.07) is 16.9. The number of nitrogens with zero attached hydrogens (tertiary/aromatic N) is 4. The quantitative estimate of drug-likeness (QED) is 0.552. The average molecular weight is 449 g/mol. The highest BCUT2D eigenvalue weighted by atomic mass is 16.5. The Balaban J connectivity index is 1.42. The molecule has 1 amide bonds. The van der Waals surface area contributed by atoms with Crippen LogP contribution in [0.15, 0.2) is 59.4 Å². The van der Waals surface area contributed by atoms with Crippen molar-refractivity contribution in [3.8, 4) is 5.75 Å². The molecule has 1 saturated heterocycles. The van der Waals surface area contributed by atoms with Crippen molar-refractivity contribution in [1.82, 2.24) is 19.7 Å². The molecule has 1 aromatic carbocycles. The van der Waals surface area contributed by atoms with E-state index in [1.165, 1.54) is 10.7 Å². The number of carbonyl (C=O) groups excluding carboxylic acids is 1. The molecular weight excluding hydrogens is 420 g/mol. The van der Waals surface area contributed by atoms with Crippen LogP contribution in [0.4, 0.5) is 0 Å². The zero-order valence-corrected chi connectivity index (χ0v) is 18.9. The number of morpholine rings is 1. The largest absolute Gasteiger partial charge is 0.494 e. The van der Waals surface area contributed by atoms with Gasteiger partial charge < -0.3 is 14.4 Å². The molecule has 1 aliphatic rings. The first-order chi connectivity index (χ1) is 16.0. The van der Waals surface area contributed by atoms with Crippen LogP contribution in [0.5, 0.6) is 5.75 Å². The Labute approximate surface area is 192 Å². The van der Waals surface area contributed by atoms with Gasteiger partial charge in [0.15, 0.2) is 0 Å². The van der Waals surface area contributed by atoms with Crippen LogP contribution >= 0.6 is 0 Å². The van der Waals surface area contributed by atoms with Gasteiger partial charge in [-0.15, -0.1) is 0 Å². The number of ether oxygens (including phenoxy) is 2. The first kappa shape index (κ1) is 22.7. The second-order valence-corrected chi connectivity index (χ2v) is 7.98. The van der Waals surface area contributed by atoms with Gasteiger partial charge in [-0.05, 0) is 49.7 Å². The van der Waals surface area contributed by atoms with Crippen LogP contribution in [0.1, 0.15) is 35.7 Å². The molecule has 1 atom stereocenters. The lowest BCUT2D eigenvalue weighted by Gasteiger charge is -2.32. The lowest BCUT2D eigenvalue weighted by Crippen LogP contribution is -2.45. The second kappa shape index (κ2) is 10.4. The summed E-state index contributed by atoms with van der Waals surface area (Å²) in [6.45, 7) is 5.58. The molecule has 8 nitrogen and oxygen atoms in total. The van der Waals surface area contributed by atoms with Gasteiger partial charge in [-0.2, -0.15) is 5.10 Å². The highest BCUT2D eigenvalue weighted by Crippen LogP contribution is 2.22. The first-order valence-electron chi connectivity index (χ1n) is 11.1. The van der Waals surface area contributed by atoms with E-state index in [9.17, 15) is 9.59 Å². The maximum atomic E-state index is 12.8. The van der Waals surface area contributed by atoms with Gasteiger partial charge in [0.25, 0.3) is 5.56 Å². The molecule has 1 fully saturated rings. The minimum Gasteiger partial charge on any atom is -0.494 e. The zero-order chi connectivity index (χ0) is 23.2. The normalized spacial score (nSPS) is 15.9. The molecule has 172 valence electrons. The van der Waals surface area contributed by atoms with Gasteiger partial charge in [0.1, 0.15) is 18.4 Å². The molecule has 33 heavy (non-hydrogen) atoms. The molecule has 1 aliphatic heterocycles. The fourth-order valence-electron chi connectivity index (χ4n) is 3.80. The molecule has 0 aliphatic carbocycles. The van der Waals surface area contributed by atoms with Gasteiger partial charge in [-0.3, -0.25) is 14.6 Å². The van der Waals surface area contributed by atoms with E-state index in [0.717, 1.165) is 22.7 Å². The Morgan fingerprint density at radius 2 is 1.97 bits per heavy atom. The third-order valence-corrected chi connectivity index (χ3v) is 5.48. The molecule has 0 spiro atoms. The fraction of sp³-hybridized carbons (Fsp3) is 0.360. The zero-order valence-electron chi connectivity index (χ0n) is 18.9. The molecule has 0 radical (unpaired) electrons. The van der Waals surface area contributed by atoms with E-state index in [2.05, 4.69) is 5.10 Å². The number of aryl methyl sites for hydroxylation is 1. The highest BCUT2D eigenvalue weighted by molar-refractivity contribution is 5.76. The third kappa shape index (κ3) is 5.84. The summed E-state index contributed by atoms with van der Waals surface area (Å²) < 4.78 is 12.6. The van der Waals surface area contributed by atoms with Gasteiger partial charge >= 0.3 is 0 Å². The number of aromatic nitrogens is 3. The van der Waals surface area contributed by atoms with Gasteiger partial charge in [0.05, 0.1) is 31.1 Å². The number of benzene rings is 1. The summed E-state index contributed by atoms with van der Waals surface area (Å²) in [5.74, 6) is 0.695. The topological polar surface area (TPSA) is 86.6 Å². The molecule has 0 N–H and O–H groups in total. The van der Waals surface area contributed by atoms with Crippen molar-refractivity contribution >= 4 is 5.91 Å². The molecule has 3 aromatic rings. The van der Waals surface area contributed by atoms with Crippen molar-refractivity contribution in [3.05, 3.63) is 87.6 Å². The molecule has 0 saturated carbocycles. The van der Waals surface area contributed by atoms with Crippen molar-refractivity contribution in [2.75, 3.05) is 26.3 Å². The number of amides is 1. The third-order valence-electron chi connectivity index (χ3n) is 5.48. The lowest BCUT2D eigenvalue weighted by molar-refractivity contribution is -0.140. The van der Waals surface area contributed by atoms with E-state index >= 15 is 0 Å². The maximum Gasteiger partial charge on any atom is 0.267 e. The fourth-order valence-corrected chi connectivity index (χ4v) is 3.80. The van der Waals surface area contributed by atoms with E-state index in [1.807, 2.05) is 49.4 Å². The molecule has 8 heteroatoms. The number of rotatable bonds is 7. The van der Waals surface area contributed by atoms with Crippen LogP contribution in [-0.4, -0.2) is 51.9 Å². The first-order valence-corrected chi connectivity index (χ1v) is 11.1. The Kier molecular flexibility index (Phi) is 7.14. The molecule has 3 heterocycles. The van der Waals surface area contributed by atoms with E-state index in [0.29, 0.717) is 38.4 Å². The van der Waals surface area contributed by atoms with Crippen molar-refractivity contribution in [2.45, 2.75) is 32.9 Å². The highest BCUT2D eigenvalue weighted by Gasteiger charge is 2.27. The number of hydrogen-bond acceptors (Lipinski definition) is 6. The average Bonchev–Trinajstić information content (AvgIpc) is 2.83. The molecule has 0 bridgehead atoms. The van der Waals surface area contributed by atoms with Crippen LogP contribution in [-0.2, 0) is 22.5 Å². The molecular formula is C25H28N4O4. The van der Waals surface area contributed by atoms with Crippen LogP contribution in [0.25, 0.3) is 0 Å². The number of hydrogen-bond donors (Lipinski definition) is 0. The van der Waals surface area contributed by atoms with E-state index in [-0.39, 0.29) is 24.1 Å². The van der Waals surface area contributed by atoms with Crippen molar-refractivity contribution in [2.24, 2.45) is 0 Å². The Morgan fingerprint density at radius 1 is 1.15 bits per heavy atom. The summed E-state index contributed by atoms with van der Waals surface area (Å²) in [6.07, 6.45) is 0.377. The SMILES string of the molecule is CCOc1ccc(Cc2cccc([C@@H]3CN(C(=O)Cn4nc(C)ccc4=O)CCO3)n2)cc1. The van der Waals surface area contributed by atoms with E-state index in [4.69, 9.17) is 14.5 Å². The van der Waals surface area contributed by atoms with Crippen molar-refractivity contribution in [3.63, 3.8) is 0 Å². The standard InChI is InChI=1S/C25H28N4O4/c1-3-32-21-10-8-19(9-11-21)15-20-5-4-6-22(26-20)23-16-28(13-14-33-23)25(31)17-29-24(30)12-7-18(2)27-29/h4-12,23H,3,13-17H2,1-2H3/t23-/m0/s1. The monoisotopic (exact) mass is 448 g/mol. The Bertz CT molecular complexity index is 1160. The Hall–Kier alpha value is -3.52. The number of carbonyl (C=O) groups is 1. The number of pyridine rings is 1. The predicted molar refractivity (Wildman–Crippen MR) is 123 cm³/mol. The van der Waals surface area contributed by atoms with E-state index < -0.39 is 0 Å². The second-order valence-electron chi connectivity index (χ2n) is 7.98. The summed E-state index contributed by atoms with van der Waals surface area (Å²) in [5.41, 5.74) is 3.26. The van der Waals surface area contributed by atoms with Crippen molar-refractivity contribution in [1.29, 1.82) is 0 Å². The van der Waals surface area contributed by atoms with E-state index in [1.54, 1.807) is 17.9 Å². The van der Waals surface area contributed by atoms with Gasteiger partial charge in [0, 0.05) is 24.7 Å². The van der Waals surface area contributed by atoms with Crippen LogP contribution in [0, 0.1) is 6.92 Å². The van der Waals surface area contributed by atoms with Crippen LogP contribution in [0.3, 0.4) is 0 Å². The minimum absolute atomic E-state index is 0.0849. The summed E-state index contributed by atoms with van der Waals surface area (Å²) in [4.78, 5) is 31.3. The van der Waals surface area contributed by atoms with Crippen molar-refractivity contribution < 1.29 is 14.3 Å². The lowest BCUT2D eigenvalue weighted by atomic mass is 10.1. The molecule has 2 aromatic heterocycles. The van der Waals surface area contributed by atoms with Crippen LogP contribution < -0.4 is 10.3 Å². The maximum absolute atomic E-state index is 12.8. The van der Waals surface area contributed by atoms with Crippen LogP contribution in [0.2, 0.25) is 0 Å². The molecule has 4 rings (SSSR count). The van der Waals surface area contributed by atoms with Gasteiger partial charge in [-0.1, -0.05) is 18.2 Å². The smallest absolute Gasteiger partial charge is 0.267 e. The summed E-state index contributed by atoms with van der Waals surface area (Å²) in [7, 11) is 0.